The Morgan fingerprint density at radius 3 is 2.75 bits per heavy atom. The zero-order valence-corrected chi connectivity index (χ0v) is 5.22. The van der Waals surface area contributed by atoms with Crippen LogP contribution in [0.1, 0.15) is 12.8 Å². The third-order valence-electron chi connectivity index (χ3n) is 3.44. The van der Waals surface area contributed by atoms with Crippen LogP contribution in [-0.4, -0.2) is 24.5 Å². The monoisotopic (exact) mass is 109 g/mol. The molecule has 8 heavy (non-hydrogen) atoms. The lowest BCUT2D eigenvalue weighted by atomic mass is 10.2. The van der Waals surface area contributed by atoms with Crippen molar-refractivity contribution >= 4 is 0 Å². The molecule has 0 amide bonds. The van der Waals surface area contributed by atoms with E-state index in [4.69, 9.17) is 0 Å². The normalized spacial score (nSPS) is 67.1. The molecule has 0 aromatic carbocycles. The van der Waals surface area contributed by atoms with Gasteiger partial charge in [-0.2, -0.15) is 0 Å². The lowest BCUT2D eigenvalue weighted by Crippen LogP contribution is -2.20. The molecule has 0 aromatic heterocycles. The SMILES string of the molecule is CN1CCC23C[C@H]2C13. The van der Waals surface area contributed by atoms with Crippen molar-refractivity contribution in [2.75, 3.05) is 13.6 Å². The molecule has 0 aromatic rings. The van der Waals surface area contributed by atoms with Crippen LogP contribution in [-0.2, 0) is 0 Å². The Kier molecular flexibility index (Phi) is 0.372. The number of hydrogen-bond donors (Lipinski definition) is 0. The third-order valence-corrected chi connectivity index (χ3v) is 3.44. The van der Waals surface area contributed by atoms with E-state index >= 15 is 0 Å². The standard InChI is InChI=1S/C7H11N/c1-8-3-2-7-4-5(7)6(7)8/h5-6H,2-4H2,1H3/t5-,6?,7?/m0/s1. The Morgan fingerprint density at radius 2 is 2.50 bits per heavy atom. The highest BCUT2D eigenvalue weighted by molar-refractivity contribution is 5.33. The van der Waals surface area contributed by atoms with Crippen molar-refractivity contribution < 1.29 is 0 Å². The molecule has 1 nitrogen and oxygen atoms in total. The molecular formula is C7H11N. The quantitative estimate of drug-likeness (QED) is 0.443. The van der Waals surface area contributed by atoms with Crippen LogP contribution in [0.4, 0.5) is 0 Å². The summed E-state index contributed by atoms with van der Waals surface area (Å²) in [5.41, 5.74) is 0.925. The van der Waals surface area contributed by atoms with E-state index < -0.39 is 0 Å². The maximum atomic E-state index is 2.54. The molecule has 3 rings (SSSR count). The highest BCUT2D eigenvalue weighted by Gasteiger charge is 2.81. The molecule has 44 valence electrons. The van der Waals surface area contributed by atoms with Gasteiger partial charge in [-0.05, 0) is 37.8 Å². The topological polar surface area (TPSA) is 3.24 Å². The summed E-state index contributed by atoms with van der Waals surface area (Å²) < 4.78 is 0. The zero-order chi connectivity index (χ0) is 5.35. The molecule has 1 heterocycles. The van der Waals surface area contributed by atoms with Gasteiger partial charge in [0.05, 0.1) is 0 Å². The van der Waals surface area contributed by atoms with Crippen molar-refractivity contribution in [1.29, 1.82) is 0 Å². The molecule has 1 spiro atoms. The van der Waals surface area contributed by atoms with Crippen molar-refractivity contribution in [2.24, 2.45) is 11.3 Å². The number of rotatable bonds is 0. The third kappa shape index (κ3) is 0.202. The molecule has 0 N–H and O–H groups in total. The van der Waals surface area contributed by atoms with Gasteiger partial charge in [-0.3, -0.25) is 0 Å². The second-order valence-electron chi connectivity index (χ2n) is 3.72. The van der Waals surface area contributed by atoms with Crippen molar-refractivity contribution in [3.63, 3.8) is 0 Å². The lowest BCUT2D eigenvalue weighted by molar-refractivity contribution is 0.330. The summed E-state index contributed by atoms with van der Waals surface area (Å²) in [5, 5.41) is 0. The average molecular weight is 109 g/mol. The van der Waals surface area contributed by atoms with Crippen LogP contribution in [0.2, 0.25) is 0 Å². The molecule has 3 fully saturated rings. The first-order valence-corrected chi connectivity index (χ1v) is 3.55. The van der Waals surface area contributed by atoms with Gasteiger partial charge in [0, 0.05) is 6.04 Å². The number of piperidine rings is 1. The molecule has 1 saturated heterocycles. The minimum absolute atomic E-state index is 0.925. The van der Waals surface area contributed by atoms with E-state index in [1.807, 2.05) is 0 Å². The predicted octanol–water partition coefficient (Wildman–Crippen LogP) is 0.710. The Balaban J connectivity index is 1.98. The van der Waals surface area contributed by atoms with E-state index in [1.54, 1.807) is 6.42 Å². The van der Waals surface area contributed by atoms with Crippen LogP contribution >= 0.6 is 0 Å². The van der Waals surface area contributed by atoms with Crippen molar-refractivity contribution in [1.82, 2.24) is 4.90 Å². The smallest absolute Gasteiger partial charge is 0.0187 e. The Morgan fingerprint density at radius 1 is 1.62 bits per heavy atom. The van der Waals surface area contributed by atoms with Crippen LogP contribution in [0.15, 0.2) is 0 Å². The van der Waals surface area contributed by atoms with Crippen LogP contribution in [0.25, 0.3) is 0 Å². The Labute approximate surface area is 49.7 Å². The van der Waals surface area contributed by atoms with E-state index in [2.05, 4.69) is 11.9 Å². The summed E-state index contributed by atoms with van der Waals surface area (Å²) in [6.45, 7) is 1.38. The minimum atomic E-state index is 0.925. The Hall–Kier alpha value is -0.0400. The second-order valence-corrected chi connectivity index (χ2v) is 3.72. The summed E-state index contributed by atoms with van der Waals surface area (Å²) in [6.07, 6.45) is 3.08. The van der Waals surface area contributed by atoms with Crippen LogP contribution in [0.5, 0.6) is 0 Å². The molecule has 3 atom stereocenters. The molecule has 0 radical (unpaired) electrons. The second kappa shape index (κ2) is 0.766. The molecule has 2 unspecified atom stereocenters. The average Bonchev–Trinajstić information content (AvgIpc) is 2.43. The van der Waals surface area contributed by atoms with E-state index in [0.717, 1.165) is 11.5 Å². The van der Waals surface area contributed by atoms with Gasteiger partial charge in [0.15, 0.2) is 0 Å². The van der Waals surface area contributed by atoms with Gasteiger partial charge in [0.2, 0.25) is 0 Å². The van der Waals surface area contributed by atoms with Crippen molar-refractivity contribution in [3.05, 3.63) is 0 Å². The fraction of sp³-hybridized carbons (Fsp3) is 1.00. The van der Waals surface area contributed by atoms with Gasteiger partial charge < -0.3 is 4.90 Å². The van der Waals surface area contributed by atoms with Gasteiger partial charge >= 0.3 is 0 Å². The molecular weight excluding hydrogens is 98.1 g/mol. The summed E-state index contributed by atoms with van der Waals surface area (Å²) in [4.78, 5) is 2.54. The Bertz CT molecular complexity index is 154. The summed E-state index contributed by atoms with van der Waals surface area (Å²) in [6, 6.07) is 1.06. The summed E-state index contributed by atoms with van der Waals surface area (Å²) in [7, 11) is 2.27. The van der Waals surface area contributed by atoms with Crippen LogP contribution in [0, 0.1) is 11.3 Å². The van der Waals surface area contributed by atoms with Crippen molar-refractivity contribution in [3.8, 4) is 0 Å². The maximum Gasteiger partial charge on any atom is 0.0187 e. The zero-order valence-electron chi connectivity index (χ0n) is 5.22. The van der Waals surface area contributed by atoms with Crippen molar-refractivity contribution in [2.45, 2.75) is 18.9 Å². The van der Waals surface area contributed by atoms with E-state index in [0.29, 0.717) is 0 Å². The maximum absolute atomic E-state index is 2.54. The van der Waals surface area contributed by atoms with E-state index in [-0.39, 0.29) is 0 Å². The van der Waals surface area contributed by atoms with E-state index in [9.17, 15) is 0 Å². The van der Waals surface area contributed by atoms with Gasteiger partial charge in [0.25, 0.3) is 0 Å². The first kappa shape index (κ1) is 3.89. The predicted molar refractivity (Wildman–Crippen MR) is 31.6 cm³/mol. The number of nitrogens with zero attached hydrogens (tertiary/aromatic N) is 1. The molecule has 3 aliphatic rings. The first-order chi connectivity index (χ1) is 3.84. The summed E-state index contributed by atoms with van der Waals surface area (Å²) >= 11 is 0. The lowest BCUT2D eigenvalue weighted by Gasteiger charge is -2.11. The molecule has 2 saturated carbocycles. The molecule has 1 heteroatoms. The van der Waals surface area contributed by atoms with E-state index in [1.165, 1.54) is 18.9 Å². The van der Waals surface area contributed by atoms with Crippen LogP contribution < -0.4 is 0 Å². The fourth-order valence-corrected chi connectivity index (χ4v) is 2.68. The number of likely N-dealkylation sites (tertiary alicyclic amines) is 1. The fourth-order valence-electron chi connectivity index (χ4n) is 2.68. The first-order valence-electron chi connectivity index (χ1n) is 3.55. The highest BCUT2D eigenvalue weighted by atomic mass is 15.3. The molecule has 1 aliphatic heterocycles. The van der Waals surface area contributed by atoms with Gasteiger partial charge in [-0.1, -0.05) is 0 Å². The number of hydrogen-bond acceptors (Lipinski definition) is 1. The van der Waals surface area contributed by atoms with Crippen LogP contribution in [0.3, 0.4) is 0 Å². The summed E-state index contributed by atoms with van der Waals surface area (Å²) in [5.74, 6) is 1.17. The largest absolute Gasteiger partial charge is 0.303 e. The van der Waals surface area contributed by atoms with Gasteiger partial charge in [-0.15, -0.1) is 0 Å². The molecule has 2 aliphatic carbocycles. The van der Waals surface area contributed by atoms with Gasteiger partial charge in [0.1, 0.15) is 0 Å². The number of fused-ring (bicyclic) bond motifs is 1. The highest BCUT2D eigenvalue weighted by Crippen LogP contribution is 2.81. The van der Waals surface area contributed by atoms with Gasteiger partial charge in [-0.25, -0.2) is 0 Å². The molecule has 0 bridgehead atoms. The minimum Gasteiger partial charge on any atom is -0.303 e.